The maximum atomic E-state index is 13.4. The molecule has 0 spiro atoms. The fourth-order valence-corrected chi connectivity index (χ4v) is 1.91. The Hall–Kier alpha value is -2.23. The van der Waals surface area contributed by atoms with Crippen LogP contribution in [0.15, 0.2) is 0 Å². The van der Waals surface area contributed by atoms with E-state index < -0.39 is 68.1 Å². The molecule has 6 nitrogen and oxygen atoms in total. The Morgan fingerprint density at radius 1 is 0.962 bits per heavy atom. The predicted molar refractivity (Wildman–Crippen MR) is 62.4 cm³/mol. The highest BCUT2D eigenvalue weighted by Crippen LogP contribution is 2.39. The van der Waals surface area contributed by atoms with E-state index in [2.05, 4.69) is 10.5 Å². The van der Waals surface area contributed by atoms with Crippen LogP contribution in [0.4, 0.5) is 45.2 Å². The second-order valence-corrected chi connectivity index (χ2v) is 5.90. The van der Waals surface area contributed by atoms with Crippen LogP contribution >= 0.6 is 0 Å². The number of carbonyl (C=O) groups is 1. The molecule has 0 saturated carbocycles. The van der Waals surface area contributed by atoms with Gasteiger partial charge in [0.2, 0.25) is 0 Å². The minimum atomic E-state index is -6.84. The number of nitrogens with two attached hydrogens (primary N) is 1. The van der Waals surface area contributed by atoms with Crippen molar-refractivity contribution in [2.75, 3.05) is 5.73 Å². The van der Waals surface area contributed by atoms with E-state index in [-0.39, 0.29) is 0 Å². The Labute approximate surface area is 137 Å². The van der Waals surface area contributed by atoms with Crippen LogP contribution in [0.5, 0.6) is 0 Å². The standard InChI is InChI=1S/C10H4F9NO5S/c11-2-1(3(12)5(14)6(20)4(2)13)7(21)25-8(9(15,16)17)10(18,19)26(22,23)24/h8H,20H2,(H,22,23,24). The van der Waals surface area contributed by atoms with Crippen LogP contribution in [0.2, 0.25) is 0 Å². The minimum absolute atomic E-state index is 1.83. The number of hydrogen-bond acceptors (Lipinski definition) is 5. The Morgan fingerprint density at radius 3 is 1.65 bits per heavy atom. The van der Waals surface area contributed by atoms with Crippen molar-refractivity contribution in [2.45, 2.75) is 17.5 Å². The third-order valence-electron chi connectivity index (χ3n) is 2.67. The van der Waals surface area contributed by atoms with Gasteiger partial charge >= 0.3 is 27.5 Å². The molecular weight excluding hydrogens is 417 g/mol. The number of carbonyl (C=O) groups excluding carboxylic acids is 1. The second kappa shape index (κ2) is 6.49. The number of rotatable bonds is 4. The van der Waals surface area contributed by atoms with Gasteiger partial charge in [-0.25, -0.2) is 22.4 Å². The molecule has 1 aromatic rings. The zero-order chi connectivity index (χ0) is 20.8. The van der Waals surface area contributed by atoms with E-state index in [1.807, 2.05) is 0 Å². The topological polar surface area (TPSA) is 107 Å². The molecule has 148 valence electrons. The molecule has 0 saturated heterocycles. The quantitative estimate of drug-likeness (QED) is 0.254. The summed E-state index contributed by atoms with van der Waals surface area (Å²) in [5.41, 5.74) is 0.195. The van der Waals surface area contributed by atoms with Crippen molar-refractivity contribution in [2.24, 2.45) is 0 Å². The first-order valence-corrected chi connectivity index (χ1v) is 7.12. The van der Waals surface area contributed by atoms with Crippen molar-refractivity contribution >= 4 is 21.8 Å². The van der Waals surface area contributed by atoms with Gasteiger partial charge in [-0.3, -0.25) is 4.55 Å². The van der Waals surface area contributed by atoms with Crippen LogP contribution in [-0.4, -0.2) is 36.5 Å². The molecule has 1 atom stereocenters. The van der Waals surface area contributed by atoms with Gasteiger partial charge in [-0.15, -0.1) is 0 Å². The number of nitrogen functional groups attached to an aromatic ring is 1. The summed E-state index contributed by atoms with van der Waals surface area (Å²) in [5.74, 6) is -13.4. The summed E-state index contributed by atoms with van der Waals surface area (Å²) >= 11 is 0. The normalized spacial score (nSPS) is 14.2. The van der Waals surface area contributed by atoms with Crippen molar-refractivity contribution in [1.82, 2.24) is 0 Å². The molecule has 0 aliphatic rings. The summed E-state index contributed by atoms with van der Waals surface area (Å²) in [6.45, 7) is 0. The lowest BCUT2D eigenvalue weighted by Gasteiger charge is -2.26. The summed E-state index contributed by atoms with van der Waals surface area (Å²) in [7, 11) is -6.84. The first kappa shape index (κ1) is 21.8. The highest BCUT2D eigenvalue weighted by Gasteiger charge is 2.66. The maximum absolute atomic E-state index is 13.4. The van der Waals surface area contributed by atoms with Crippen molar-refractivity contribution in [3.8, 4) is 0 Å². The summed E-state index contributed by atoms with van der Waals surface area (Å²) in [5, 5.41) is -6.22. The molecule has 0 aromatic heterocycles. The highest BCUT2D eigenvalue weighted by atomic mass is 32.2. The fraction of sp³-hybridized carbons (Fsp3) is 0.300. The van der Waals surface area contributed by atoms with E-state index in [1.54, 1.807) is 0 Å². The van der Waals surface area contributed by atoms with Gasteiger partial charge < -0.3 is 10.5 Å². The molecule has 0 fully saturated rings. The van der Waals surface area contributed by atoms with E-state index in [0.29, 0.717) is 0 Å². The van der Waals surface area contributed by atoms with Crippen LogP contribution < -0.4 is 5.73 Å². The molecule has 1 unspecified atom stereocenters. The van der Waals surface area contributed by atoms with Gasteiger partial charge in [0.15, 0.2) is 23.3 Å². The van der Waals surface area contributed by atoms with Gasteiger partial charge in [0.05, 0.1) is 0 Å². The minimum Gasteiger partial charge on any atom is -0.441 e. The van der Waals surface area contributed by atoms with Gasteiger partial charge in [-0.2, -0.15) is 30.4 Å². The molecule has 0 heterocycles. The first-order valence-electron chi connectivity index (χ1n) is 5.68. The van der Waals surface area contributed by atoms with E-state index in [4.69, 9.17) is 4.55 Å². The Balaban J connectivity index is 3.52. The largest absolute Gasteiger partial charge is 0.441 e. The zero-order valence-corrected chi connectivity index (χ0v) is 12.4. The SMILES string of the molecule is Nc1c(F)c(F)c(C(=O)OC(C(F)(F)F)C(F)(F)S(=O)(=O)O)c(F)c1F. The van der Waals surface area contributed by atoms with Gasteiger partial charge in [-0.05, 0) is 0 Å². The Bertz CT molecular complexity index is 822. The molecule has 1 aromatic carbocycles. The second-order valence-electron chi connectivity index (χ2n) is 4.41. The van der Waals surface area contributed by atoms with E-state index in [1.165, 1.54) is 0 Å². The zero-order valence-electron chi connectivity index (χ0n) is 11.5. The van der Waals surface area contributed by atoms with E-state index in [9.17, 15) is 52.7 Å². The van der Waals surface area contributed by atoms with Crippen LogP contribution in [0.1, 0.15) is 10.4 Å². The molecule has 0 aliphatic heterocycles. The summed E-state index contributed by atoms with van der Waals surface area (Å²) in [6, 6.07) is 0. The number of alkyl halides is 5. The van der Waals surface area contributed by atoms with E-state index in [0.717, 1.165) is 0 Å². The maximum Gasteiger partial charge on any atom is 0.432 e. The third kappa shape index (κ3) is 3.64. The van der Waals surface area contributed by atoms with Gasteiger partial charge in [-0.1, -0.05) is 0 Å². The summed E-state index contributed by atoms with van der Waals surface area (Å²) in [4.78, 5) is 11.3. The Morgan fingerprint density at radius 2 is 1.35 bits per heavy atom. The average Bonchev–Trinajstić information content (AvgIpc) is 2.46. The smallest absolute Gasteiger partial charge is 0.432 e. The molecule has 0 radical (unpaired) electrons. The molecule has 0 aliphatic carbocycles. The molecule has 0 amide bonds. The average molecular weight is 421 g/mol. The van der Waals surface area contributed by atoms with Gasteiger partial charge in [0.1, 0.15) is 11.3 Å². The number of hydrogen-bond donors (Lipinski definition) is 2. The fourth-order valence-electron chi connectivity index (χ4n) is 1.46. The number of benzene rings is 1. The number of anilines is 1. The van der Waals surface area contributed by atoms with Crippen molar-refractivity contribution in [1.29, 1.82) is 0 Å². The number of ether oxygens (including phenoxy) is 1. The van der Waals surface area contributed by atoms with Gasteiger partial charge in [0, 0.05) is 0 Å². The molecule has 26 heavy (non-hydrogen) atoms. The van der Waals surface area contributed by atoms with Crippen molar-refractivity contribution < 1.29 is 62.0 Å². The lowest BCUT2D eigenvalue weighted by atomic mass is 10.1. The highest BCUT2D eigenvalue weighted by molar-refractivity contribution is 7.86. The van der Waals surface area contributed by atoms with E-state index >= 15 is 0 Å². The van der Waals surface area contributed by atoms with Crippen LogP contribution in [0.25, 0.3) is 0 Å². The molecular formula is C10H4F9NO5S. The lowest BCUT2D eigenvalue weighted by molar-refractivity contribution is -0.248. The third-order valence-corrected chi connectivity index (χ3v) is 3.57. The monoisotopic (exact) mass is 421 g/mol. The number of halogens is 9. The molecule has 0 bridgehead atoms. The molecule has 3 N–H and O–H groups in total. The van der Waals surface area contributed by atoms with Gasteiger partial charge in [0.25, 0.3) is 6.10 Å². The lowest BCUT2D eigenvalue weighted by Crippen LogP contribution is -2.52. The van der Waals surface area contributed by atoms with Crippen LogP contribution in [-0.2, 0) is 14.9 Å². The molecule has 1 rings (SSSR count). The van der Waals surface area contributed by atoms with Crippen molar-refractivity contribution in [3.63, 3.8) is 0 Å². The van der Waals surface area contributed by atoms with Crippen molar-refractivity contribution in [3.05, 3.63) is 28.8 Å². The summed E-state index contributed by atoms with van der Waals surface area (Å²) < 4.78 is 149. The number of esters is 1. The first-order chi connectivity index (χ1) is 11.4. The molecule has 16 heteroatoms. The van der Waals surface area contributed by atoms with Crippen LogP contribution in [0.3, 0.4) is 0 Å². The Kier molecular flexibility index (Phi) is 5.45. The predicted octanol–water partition coefficient (Wildman–Crippen LogP) is 2.39. The summed E-state index contributed by atoms with van der Waals surface area (Å²) in [6.07, 6.45) is -11.4. The van der Waals surface area contributed by atoms with Crippen LogP contribution in [0, 0.1) is 23.3 Å².